The summed E-state index contributed by atoms with van der Waals surface area (Å²) in [7, 11) is 0. The number of ether oxygens (including phenoxy) is 1. The molecule has 1 aromatic carbocycles. The van der Waals surface area contributed by atoms with Crippen LogP contribution in [0, 0.1) is 0 Å². The second kappa shape index (κ2) is 6.88. The zero-order valence-corrected chi connectivity index (χ0v) is 13.1. The molecule has 4 atom stereocenters. The van der Waals surface area contributed by atoms with Crippen molar-refractivity contribution in [1.82, 2.24) is 9.55 Å². The van der Waals surface area contributed by atoms with Gasteiger partial charge in [0.15, 0.2) is 6.23 Å². The van der Waals surface area contributed by atoms with Gasteiger partial charge >= 0.3 is 0 Å². The summed E-state index contributed by atoms with van der Waals surface area (Å²) in [6.07, 6.45) is -2.08. The van der Waals surface area contributed by atoms with E-state index in [1.165, 1.54) is 10.9 Å². The largest absolute Gasteiger partial charge is 0.394 e. The maximum atomic E-state index is 10.1. The lowest BCUT2D eigenvalue weighted by Crippen LogP contribution is -2.33. The molecule has 7 N–H and O–H groups in total. The van der Waals surface area contributed by atoms with E-state index in [2.05, 4.69) is 4.98 Å². The Bertz CT molecular complexity index is 688. The number of aliphatic hydroxyl groups excluding tert-OH is 3. The number of aromatic nitrogens is 2. The zero-order chi connectivity index (χ0) is 17.3. The van der Waals surface area contributed by atoms with Crippen LogP contribution in [0.2, 0.25) is 0 Å². The minimum Gasteiger partial charge on any atom is -0.394 e. The molecule has 0 bridgehead atoms. The van der Waals surface area contributed by atoms with Gasteiger partial charge < -0.3 is 31.5 Å². The lowest BCUT2D eigenvalue weighted by atomic mass is 10.1. The van der Waals surface area contributed by atoms with Crippen molar-refractivity contribution in [2.45, 2.75) is 37.5 Å². The van der Waals surface area contributed by atoms with Gasteiger partial charge in [0.1, 0.15) is 24.1 Å². The van der Waals surface area contributed by atoms with E-state index in [1.807, 2.05) is 24.3 Å². The van der Waals surface area contributed by atoms with E-state index in [-0.39, 0.29) is 6.61 Å². The predicted molar refractivity (Wildman–Crippen MR) is 86.8 cm³/mol. The Morgan fingerprint density at radius 1 is 1.12 bits per heavy atom. The maximum absolute atomic E-state index is 10.1. The normalized spacial score (nSPS) is 26.8. The maximum Gasteiger partial charge on any atom is 0.165 e. The van der Waals surface area contributed by atoms with E-state index in [4.69, 9.17) is 21.3 Å². The van der Waals surface area contributed by atoms with Crippen molar-refractivity contribution in [1.29, 1.82) is 0 Å². The summed E-state index contributed by atoms with van der Waals surface area (Å²) >= 11 is 0. The second-order valence-corrected chi connectivity index (χ2v) is 5.91. The average Bonchev–Trinajstić information content (AvgIpc) is 3.09. The monoisotopic (exact) mass is 334 g/mol. The molecule has 0 unspecified atom stereocenters. The summed E-state index contributed by atoms with van der Waals surface area (Å²) in [5.74, 6) is 0.354. The van der Waals surface area contributed by atoms with E-state index in [0.29, 0.717) is 24.5 Å². The molecule has 1 saturated heterocycles. The van der Waals surface area contributed by atoms with Crippen molar-refractivity contribution in [3.05, 3.63) is 47.4 Å². The number of nitrogens with two attached hydrogens (primary N) is 2. The zero-order valence-electron chi connectivity index (χ0n) is 13.1. The number of hydrogen-bond donors (Lipinski definition) is 5. The van der Waals surface area contributed by atoms with Crippen LogP contribution < -0.4 is 11.5 Å². The summed E-state index contributed by atoms with van der Waals surface area (Å²) in [5.41, 5.74) is 14.4. The Labute approximate surface area is 139 Å². The predicted octanol–water partition coefficient (Wildman–Crippen LogP) is -0.874. The minimum atomic E-state index is -1.18. The van der Waals surface area contributed by atoms with Crippen LogP contribution in [0.25, 0.3) is 0 Å². The Balaban J connectivity index is 1.78. The van der Waals surface area contributed by atoms with Crippen LogP contribution in [-0.2, 0) is 17.7 Å². The van der Waals surface area contributed by atoms with E-state index >= 15 is 0 Å². The van der Waals surface area contributed by atoms with Gasteiger partial charge in [-0.3, -0.25) is 4.57 Å². The molecule has 0 saturated carbocycles. The fourth-order valence-corrected chi connectivity index (χ4v) is 2.84. The van der Waals surface area contributed by atoms with Gasteiger partial charge in [-0.05, 0) is 11.1 Å². The van der Waals surface area contributed by atoms with Crippen molar-refractivity contribution in [2.24, 2.45) is 5.73 Å². The fraction of sp³-hybridized carbons (Fsp3) is 0.438. The third-order valence-electron chi connectivity index (χ3n) is 4.33. The van der Waals surface area contributed by atoms with Crippen LogP contribution in [0.5, 0.6) is 0 Å². The van der Waals surface area contributed by atoms with Crippen molar-refractivity contribution in [2.75, 3.05) is 12.3 Å². The standard InChI is InChI=1S/C16H22N4O4/c17-6-10-3-1-9(2-4-10)5-11-15(18)20(8-19-11)16-14(23)13(22)12(7-21)24-16/h1-4,8,12-14,16,21-23H,5-7,17-18H2/t12-,13-,14-,16-/m1/s1. The molecule has 1 aliphatic heterocycles. The highest BCUT2D eigenvalue weighted by molar-refractivity contribution is 5.40. The van der Waals surface area contributed by atoms with Gasteiger partial charge in [0.2, 0.25) is 0 Å². The van der Waals surface area contributed by atoms with E-state index in [0.717, 1.165) is 11.1 Å². The molecule has 0 aliphatic carbocycles. The summed E-state index contributed by atoms with van der Waals surface area (Å²) in [5, 5.41) is 29.1. The van der Waals surface area contributed by atoms with Crippen LogP contribution in [0.4, 0.5) is 5.82 Å². The number of anilines is 1. The molecule has 0 amide bonds. The quantitative estimate of drug-likeness (QED) is 0.478. The number of aliphatic hydroxyl groups is 3. The van der Waals surface area contributed by atoms with Crippen molar-refractivity contribution < 1.29 is 20.1 Å². The lowest BCUT2D eigenvalue weighted by molar-refractivity contribution is -0.0518. The third kappa shape index (κ3) is 3.02. The van der Waals surface area contributed by atoms with Gasteiger partial charge in [-0.1, -0.05) is 24.3 Å². The highest BCUT2D eigenvalue weighted by Gasteiger charge is 2.44. The van der Waals surface area contributed by atoms with Crippen LogP contribution in [0.15, 0.2) is 30.6 Å². The first-order chi connectivity index (χ1) is 11.5. The van der Waals surface area contributed by atoms with Crippen LogP contribution >= 0.6 is 0 Å². The Morgan fingerprint density at radius 2 is 1.79 bits per heavy atom. The van der Waals surface area contributed by atoms with Crippen LogP contribution in [0.1, 0.15) is 23.0 Å². The van der Waals surface area contributed by atoms with Crippen molar-refractivity contribution >= 4 is 5.82 Å². The number of rotatable bonds is 5. The molecule has 8 heteroatoms. The smallest absolute Gasteiger partial charge is 0.165 e. The van der Waals surface area contributed by atoms with Gasteiger partial charge in [0.25, 0.3) is 0 Å². The highest BCUT2D eigenvalue weighted by atomic mass is 16.6. The van der Waals surface area contributed by atoms with E-state index < -0.39 is 24.5 Å². The van der Waals surface area contributed by atoms with Gasteiger partial charge in [-0.25, -0.2) is 4.98 Å². The van der Waals surface area contributed by atoms with E-state index in [1.54, 1.807) is 0 Å². The number of imidazole rings is 1. The van der Waals surface area contributed by atoms with Gasteiger partial charge in [0.05, 0.1) is 18.6 Å². The topological polar surface area (TPSA) is 140 Å². The third-order valence-corrected chi connectivity index (χ3v) is 4.33. The van der Waals surface area contributed by atoms with Crippen molar-refractivity contribution in [3.8, 4) is 0 Å². The summed E-state index contributed by atoms with van der Waals surface area (Å²) < 4.78 is 6.95. The summed E-state index contributed by atoms with van der Waals surface area (Å²) in [6.45, 7) is 0.103. The minimum absolute atomic E-state index is 0.354. The van der Waals surface area contributed by atoms with Crippen LogP contribution in [-0.4, -0.2) is 49.8 Å². The van der Waals surface area contributed by atoms with Gasteiger partial charge in [0, 0.05) is 13.0 Å². The lowest BCUT2D eigenvalue weighted by Gasteiger charge is -2.17. The van der Waals surface area contributed by atoms with Crippen LogP contribution in [0.3, 0.4) is 0 Å². The molecule has 24 heavy (non-hydrogen) atoms. The number of nitrogen functional groups attached to an aromatic ring is 1. The highest BCUT2D eigenvalue weighted by Crippen LogP contribution is 2.32. The Hall–Kier alpha value is -1.97. The van der Waals surface area contributed by atoms with Gasteiger partial charge in [-0.15, -0.1) is 0 Å². The first kappa shape index (κ1) is 16.9. The molecule has 1 fully saturated rings. The van der Waals surface area contributed by atoms with Gasteiger partial charge in [-0.2, -0.15) is 0 Å². The molecule has 2 aromatic rings. The molecular formula is C16H22N4O4. The SMILES string of the molecule is NCc1ccc(Cc2ncn([C@@H]3O[C@H](CO)[C@@H](O)[C@H]3O)c2N)cc1. The summed E-state index contributed by atoms with van der Waals surface area (Å²) in [4.78, 5) is 4.29. The Morgan fingerprint density at radius 3 is 2.38 bits per heavy atom. The molecule has 1 aliphatic rings. The molecule has 3 rings (SSSR count). The van der Waals surface area contributed by atoms with E-state index in [9.17, 15) is 10.2 Å². The number of hydrogen-bond acceptors (Lipinski definition) is 7. The Kier molecular flexibility index (Phi) is 4.83. The molecule has 0 radical (unpaired) electrons. The number of nitrogens with zero attached hydrogens (tertiary/aromatic N) is 2. The first-order valence-corrected chi connectivity index (χ1v) is 7.76. The average molecular weight is 334 g/mol. The van der Waals surface area contributed by atoms with Crippen molar-refractivity contribution in [3.63, 3.8) is 0 Å². The second-order valence-electron chi connectivity index (χ2n) is 5.91. The molecule has 8 nitrogen and oxygen atoms in total. The number of benzene rings is 1. The molecule has 130 valence electrons. The first-order valence-electron chi connectivity index (χ1n) is 7.76. The fourth-order valence-electron chi connectivity index (χ4n) is 2.84. The summed E-state index contributed by atoms with van der Waals surface area (Å²) in [6, 6.07) is 7.84. The molecule has 0 spiro atoms. The molecular weight excluding hydrogens is 312 g/mol. The molecule has 1 aromatic heterocycles. The molecule has 2 heterocycles.